The van der Waals surface area contributed by atoms with Crippen molar-refractivity contribution in [1.29, 1.82) is 0 Å². The lowest BCUT2D eigenvalue weighted by Gasteiger charge is -2.50. The molecule has 6 N–H and O–H groups in total. The van der Waals surface area contributed by atoms with Crippen molar-refractivity contribution >= 4 is 28.8 Å². The van der Waals surface area contributed by atoms with Gasteiger partial charge in [0.05, 0.1) is 5.56 Å². The molecule has 198 valence electrons. The van der Waals surface area contributed by atoms with E-state index in [-0.39, 0.29) is 35.6 Å². The SMILES string of the molecule is C/C=C/C1=CC=C(c2ccc(O)c3c2C[C@H]2C[C@H]4[C@H](C(C)C)C(=O)C(C(N)=O)=C(O)[C@@]4(O)C(=O)C2=C3O)C1. The number of phenols is 1. The highest BCUT2D eigenvalue weighted by Gasteiger charge is 2.64. The Balaban J connectivity index is 1.68. The molecule has 0 radical (unpaired) electrons. The predicted octanol–water partition coefficient (Wildman–Crippen LogP) is 3.60. The molecular weight excluding hydrogens is 486 g/mol. The summed E-state index contributed by atoms with van der Waals surface area (Å²) in [6, 6.07) is 3.25. The van der Waals surface area contributed by atoms with Crippen molar-refractivity contribution in [2.45, 2.75) is 45.6 Å². The van der Waals surface area contributed by atoms with E-state index in [1.807, 2.05) is 31.2 Å². The second-order valence-corrected chi connectivity index (χ2v) is 10.9. The second kappa shape index (κ2) is 8.84. The van der Waals surface area contributed by atoms with Crippen LogP contribution in [-0.2, 0) is 20.8 Å². The topological polar surface area (TPSA) is 158 Å². The number of rotatable bonds is 4. The molecule has 0 aliphatic heterocycles. The molecule has 0 bridgehead atoms. The number of hydrogen-bond acceptors (Lipinski definition) is 7. The first-order chi connectivity index (χ1) is 17.9. The first kappa shape index (κ1) is 25.7. The molecule has 4 aliphatic rings. The Morgan fingerprint density at radius 2 is 1.87 bits per heavy atom. The van der Waals surface area contributed by atoms with Crippen LogP contribution in [0.25, 0.3) is 11.3 Å². The highest BCUT2D eigenvalue weighted by molar-refractivity contribution is 6.23. The van der Waals surface area contributed by atoms with Crippen LogP contribution in [0, 0.1) is 23.7 Å². The van der Waals surface area contributed by atoms with Crippen LogP contribution in [0.1, 0.15) is 50.3 Å². The van der Waals surface area contributed by atoms with Gasteiger partial charge in [-0.3, -0.25) is 14.4 Å². The van der Waals surface area contributed by atoms with Crippen molar-refractivity contribution in [3.8, 4) is 5.75 Å². The Kier molecular flexibility index (Phi) is 5.98. The summed E-state index contributed by atoms with van der Waals surface area (Å²) in [5.74, 6) is -7.59. The number of nitrogens with two attached hydrogens (primary N) is 1. The summed E-state index contributed by atoms with van der Waals surface area (Å²) in [6.07, 6.45) is 9.01. The zero-order valence-corrected chi connectivity index (χ0v) is 21.5. The van der Waals surface area contributed by atoms with Crippen LogP contribution in [0.3, 0.4) is 0 Å². The van der Waals surface area contributed by atoms with Gasteiger partial charge in [-0.05, 0) is 66.4 Å². The zero-order chi connectivity index (χ0) is 27.7. The number of aliphatic hydroxyl groups is 3. The average Bonchev–Trinajstić information content (AvgIpc) is 3.29. The van der Waals surface area contributed by atoms with Crippen LogP contribution in [0.2, 0.25) is 0 Å². The minimum absolute atomic E-state index is 0.0992. The van der Waals surface area contributed by atoms with E-state index >= 15 is 0 Å². The number of amides is 1. The number of phenolic OH excluding ortho intramolecular Hbond substituents is 1. The lowest BCUT2D eigenvalue weighted by Crippen LogP contribution is -2.62. The van der Waals surface area contributed by atoms with Gasteiger partial charge in [-0.2, -0.15) is 0 Å². The summed E-state index contributed by atoms with van der Waals surface area (Å²) in [5, 5.41) is 44.8. The number of hydrogen-bond donors (Lipinski definition) is 5. The predicted molar refractivity (Wildman–Crippen MR) is 141 cm³/mol. The lowest BCUT2D eigenvalue weighted by atomic mass is 9.54. The Morgan fingerprint density at radius 1 is 1.16 bits per heavy atom. The molecule has 0 unspecified atom stereocenters. The van der Waals surface area contributed by atoms with Crippen LogP contribution in [-0.4, -0.2) is 43.5 Å². The number of carbonyl (C=O) groups excluding carboxylic acids is 3. The fourth-order valence-electron chi connectivity index (χ4n) is 6.84. The number of primary amides is 1. The molecule has 1 aromatic rings. The largest absolute Gasteiger partial charge is 0.508 e. The second-order valence-electron chi connectivity index (χ2n) is 10.9. The molecule has 4 aliphatic carbocycles. The number of fused-ring (bicyclic) bond motifs is 3. The van der Waals surface area contributed by atoms with Gasteiger partial charge in [-0.15, -0.1) is 0 Å². The average molecular weight is 518 g/mol. The molecule has 0 heterocycles. The summed E-state index contributed by atoms with van der Waals surface area (Å²) in [4.78, 5) is 39.3. The molecule has 1 saturated carbocycles. The van der Waals surface area contributed by atoms with Gasteiger partial charge in [0.1, 0.15) is 22.8 Å². The van der Waals surface area contributed by atoms with Crippen molar-refractivity contribution in [3.63, 3.8) is 0 Å². The van der Waals surface area contributed by atoms with Crippen LogP contribution in [0.4, 0.5) is 0 Å². The van der Waals surface area contributed by atoms with E-state index in [4.69, 9.17) is 5.73 Å². The minimum atomic E-state index is -2.60. The number of allylic oxidation sites excluding steroid dienone is 6. The Hall–Kier alpha value is -3.91. The summed E-state index contributed by atoms with van der Waals surface area (Å²) in [6.45, 7) is 5.42. The molecule has 5 rings (SSSR count). The molecule has 1 amide bonds. The van der Waals surface area contributed by atoms with Gasteiger partial charge in [-0.25, -0.2) is 0 Å². The lowest BCUT2D eigenvalue weighted by molar-refractivity contribution is -0.155. The Morgan fingerprint density at radius 3 is 2.50 bits per heavy atom. The van der Waals surface area contributed by atoms with E-state index in [9.17, 15) is 34.8 Å². The smallest absolute Gasteiger partial charge is 0.255 e. The van der Waals surface area contributed by atoms with Crippen LogP contribution in [0.15, 0.2) is 58.9 Å². The molecule has 8 heteroatoms. The molecule has 0 spiro atoms. The van der Waals surface area contributed by atoms with E-state index in [0.717, 1.165) is 16.7 Å². The number of Topliss-reactive ketones (excluding diaryl/α,β-unsaturated/α-hetero) is 2. The van der Waals surface area contributed by atoms with Crippen LogP contribution >= 0.6 is 0 Å². The monoisotopic (exact) mass is 517 g/mol. The third-order valence-electron chi connectivity index (χ3n) is 8.47. The summed E-state index contributed by atoms with van der Waals surface area (Å²) >= 11 is 0. The highest BCUT2D eigenvalue weighted by Crippen LogP contribution is 2.55. The fraction of sp³-hybridized carbons (Fsp3) is 0.367. The van der Waals surface area contributed by atoms with Gasteiger partial charge < -0.3 is 26.2 Å². The van der Waals surface area contributed by atoms with E-state index < -0.39 is 57.9 Å². The minimum Gasteiger partial charge on any atom is -0.508 e. The summed E-state index contributed by atoms with van der Waals surface area (Å²) in [5.41, 5.74) is 5.60. The van der Waals surface area contributed by atoms with Crippen molar-refractivity contribution in [2.75, 3.05) is 0 Å². The number of benzene rings is 1. The highest BCUT2D eigenvalue weighted by atomic mass is 16.3. The molecule has 1 fully saturated rings. The van der Waals surface area contributed by atoms with Crippen molar-refractivity contribution in [3.05, 3.63) is 75.6 Å². The standard InChI is InChI=1S/C30H31NO7/c1-4-5-14-6-7-15(10-14)17-8-9-20(32)23-18(17)11-16-12-19-21(13(2)3)25(33)24(29(31)37)28(36)30(19,38)27(35)22(16)26(23)34/h4-9,13,16,19,21,32,34,36,38H,10-12H2,1-3H3,(H2,31,37)/b5-4+/t16-,19-,21-,30-/m0/s1. The van der Waals surface area contributed by atoms with Crippen molar-refractivity contribution in [1.82, 2.24) is 0 Å². The zero-order valence-electron chi connectivity index (χ0n) is 21.5. The first-order valence-corrected chi connectivity index (χ1v) is 12.8. The molecule has 4 atom stereocenters. The van der Waals surface area contributed by atoms with Gasteiger partial charge >= 0.3 is 0 Å². The maximum Gasteiger partial charge on any atom is 0.255 e. The van der Waals surface area contributed by atoms with Gasteiger partial charge in [0, 0.05) is 17.4 Å². The summed E-state index contributed by atoms with van der Waals surface area (Å²) in [7, 11) is 0. The maximum atomic E-state index is 13.9. The summed E-state index contributed by atoms with van der Waals surface area (Å²) < 4.78 is 0. The molecule has 8 nitrogen and oxygen atoms in total. The Labute approximate surface area is 220 Å². The van der Waals surface area contributed by atoms with E-state index in [0.29, 0.717) is 12.0 Å². The molecule has 1 aromatic carbocycles. The molecule has 38 heavy (non-hydrogen) atoms. The quantitative estimate of drug-likeness (QED) is 0.382. The third-order valence-corrected chi connectivity index (χ3v) is 8.47. The normalized spacial score (nSPS) is 28.9. The first-order valence-electron chi connectivity index (χ1n) is 12.8. The number of ketones is 2. The van der Waals surface area contributed by atoms with Gasteiger partial charge in [0.25, 0.3) is 5.91 Å². The van der Waals surface area contributed by atoms with Gasteiger partial charge in [0.15, 0.2) is 11.4 Å². The van der Waals surface area contributed by atoms with E-state index in [1.165, 1.54) is 6.07 Å². The van der Waals surface area contributed by atoms with Gasteiger partial charge in [-0.1, -0.05) is 44.2 Å². The molecule has 0 aromatic heterocycles. The Bertz CT molecular complexity index is 1450. The maximum absolute atomic E-state index is 13.9. The van der Waals surface area contributed by atoms with Crippen molar-refractivity contribution in [2.24, 2.45) is 29.4 Å². The number of aliphatic hydroxyl groups excluding tert-OH is 2. The molecule has 0 saturated heterocycles. The van der Waals surface area contributed by atoms with Gasteiger partial charge in [0.2, 0.25) is 5.78 Å². The molecular formula is C30H31NO7. The van der Waals surface area contributed by atoms with Crippen molar-refractivity contribution < 1.29 is 34.8 Å². The fourth-order valence-corrected chi connectivity index (χ4v) is 6.84. The van der Waals surface area contributed by atoms with E-state index in [2.05, 4.69) is 0 Å². The van der Waals surface area contributed by atoms with E-state index in [1.54, 1.807) is 19.9 Å². The van der Waals surface area contributed by atoms with Crippen LogP contribution in [0.5, 0.6) is 5.75 Å². The number of carbonyl (C=O) groups is 3. The number of aromatic hydroxyl groups is 1. The third kappa shape index (κ3) is 3.43. The van der Waals surface area contributed by atoms with Crippen LogP contribution < -0.4 is 5.73 Å².